The van der Waals surface area contributed by atoms with Gasteiger partial charge in [0.05, 0.1) is 5.69 Å². The van der Waals surface area contributed by atoms with Gasteiger partial charge in [-0.05, 0) is 24.6 Å². The molecule has 4 heteroatoms. The highest BCUT2D eigenvalue weighted by molar-refractivity contribution is 6.31. The number of carbonyl (C=O) groups is 1. The van der Waals surface area contributed by atoms with Crippen LogP contribution in [0.25, 0.3) is 11.1 Å². The van der Waals surface area contributed by atoms with E-state index in [4.69, 9.17) is 11.6 Å². The van der Waals surface area contributed by atoms with Gasteiger partial charge in [-0.2, -0.15) is 5.10 Å². The molecule has 0 bridgehead atoms. The van der Waals surface area contributed by atoms with Crippen molar-refractivity contribution in [3.8, 4) is 11.1 Å². The van der Waals surface area contributed by atoms with Gasteiger partial charge >= 0.3 is 0 Å². The van der Waals surface area contributed by atoms with Crippen LogP contribution >= 0.6 is 11.6 Å². The van der Waals surface area contributed by atoms with Crippen LogP contribution < -0.4 is 0 Å². The molecule has 82 valence electrons. The average molecular weight is 235 g/mol. The highest BCUT2D eigenvalue weighted by atomic mass is 35.5. The van der Waals surface area contributed by atoms with E-state index in [1.165, 1.54) is 0 Å². The molecule has 16 heavy (non-hydrogen) atoms. The van der Waals surface area contributed by atoms with Crippen LogP contribution in [-0.4, -0.2) is 16.1 Å². The molecule has 1 aromatic carbocycles. The number of aryl methyl sites for hydroxylation is 2. The van der Waals surface area contributed by atoms with Crippen molar-refractivity contribution in [3.05, 3.63) is 40.7 Å². The molecule has 1 heterocycles. The first-order chi connectivity index (χ1) is 7.61. The third-order valence-electron chi connectivity index (χ3n) is 2.44. The van der Waals surface area contributed by atoms with Crippen LogP contribution in [0.2, 0.25) is 5.02 Å². The first-order valence-electron chi connectivity index (χ1n) is 4.87. The number of hydrogen-bond acceptors (Lipinski definition) is 2. The summed E-state index contributed by atoms with van der Waals surface area (Å²) < 4.78 is 1.73. The summed E-state index contributed by atoms with van der Waals surface area (Å²) in [4.78, 5) is 11.0. The Morgan fingerprint density at radius 3 is 2.69 bits per heavy atom. The van der Waals surface area contributed by atoms with E-state index >= 15 is 0 Å². The van der Waals surface area contributed by atoms with E-state index < -0.39 is 0 Å². The zero-order chi connectivity index (χ0) is 11.7. The maximum Gasteiger partial charge on any atom is 0.150 e. The van der Waals surface area contributed by atoms with E-state index in [0.29, 0.717) is 10.6 Å². The zero-order valence-corrected chi connectivity index (χ0v) is 9.82. The first-order valence-corrected chi connectivity index (χ1v) is 5.25. The van der Waals surface area contributed by atoms with Crippen molar-refractivity contribution in [1.82, 2.24) is 9.78 Å². The average Bonchev–Trinajstić information content (AvgIpc) is 2.57. The Kier molecular flexibility index (Phi) is 2.79. The van der Waals surface area contributed by atoms with E-state index in [1.54, 1.807) is 16.8 Å². The molecule has 3 nitrogen and oxygen atoms in total. The Labute approximate surface area is 98.7 Å². The maximum absolute atomic E-state index is 11.0. The Morgan fingerprint density at radius 2 is 2.12 bits per heavy atom. The monoisotopic (exact) mass is 234 g/mol. The van der Waals surface area contributed by atoms with Crippen LogP contribution in [0.5, 0.6) is 0 Å². The molecule has 0 unspecified atom stereocenters. The second-order valence-corrected chi connectivity index (χ2v) is 4.09. The molecule has 0 saturated carbocycles. The zero-order valence-electron chi connectivity index (χ0n) is 9.07. The predicted octanol–water partition coefficient (Wildman–Crippen LogP) is 2.86. The summed E-state index contributed by atoms with van der Waals surface area (Å²) in [5, 5.41) is 4.82. The quantitative estimate of drug-likeness (QED) is 0.749. The second-order valence-electron chi connectivity index (χ2n) is 3.65. The summed E-state index contributed by atoms with van der Waals surface area (Å²) in [6.07, 6.45) is 2.71. The van der Waals surface area contributed by atoms with Crippen LogP contribution in [0.15, 0.2) is 24.4 Å². The molecule has 1 aromatic heterocycles. The number of aromatic nitrogens is 2. The summed E-state index contributed by atoms with van der Waals surface area (Å²) in [6, 6.07) is 5.28. The van der Waals surface area contributed by atoms with Crippen molar-refractivity contribution >= 4 is 17.9 Å². The highest BCUT2D eigenvalue weighted by Crippen LogP contribution is 2.27. The lowest BCUT2D eigenvalue weighted by Gasteiger charge is -2.03. The Morgan fingerprint density at radius 1 is 1.38 bits per heavy atom. The molecule has 0 N–H and O–H groups in total. The van der Waals surface area contributed by atoms with Gasteiger partial charge in [-0.25, -0.2) is 0 Å². The summed E-state index contributed by atoms with van der Waals surface area (Å²) in [5.41, 5.74) is 3.31. The number of nitrogens with zero attached hydrogens (tertiary/aromatic N) is 2. The van der Waals surface area contributed by atoms with Crippen molar-refractivity contribution in [2.45, 2.75) is 6.92 Å². The number of carbonyl (C=O) groups excluding carboxylic acids is 1. The van der Waals surface area contributed by atoms with Crippen molar-refractivity contribution in [1.29, 1.82) is 0 Å². The van der Waals surface area contributed by atoms with E-state index in [1.807, 2.05) is 26.2 Å². The van der Waals surface area contributed by atoms with Crippen LogP contribution in [0.3, 0.4) is 0 Å². The lowest BCUT2D eigenvalue weighted by molar-refractivity contribution is 0.112. The van der Waals surface area contributed by atoms with E-state index in [9.17, 15) is 4.79 Å². The predicted molar refractivity (Wildman–Crippen MR) is 63.8 cm³/mol. The number of aldehydes is 1. The molecule has 0 spiro atoms. The first kappa shape index (κ1) is 10.9. The molecule has 0 aliphatic heterocycles. The van der Waals surface area contributed by atoms with Crippen LogP contribution in [0.4, 0.5) is 0 Å². The third kappa shape index (κ3) is 1.86. The Hall–Kier alpha value is -1.61. The van der Waals surface area contributed by atoms with Crippen molar-refractivity contribution < 1.29 is 4.79 Å². The van der Waals surface area contributed by atoms with E-state index in [2.05, 4.69) is 5.10 Å². The lowest BCUT2D eigenvalue weighted by Crippen LogP contribution is -1.88. The Bertz CT molecular complexity index is 546. The standard InChI is InChI=1S/C12H11ClN2O/c1-8-12(6-15(2)14-8)11-4-3-10(13)5-9(11)7-16/h3-7H,1-2H3. The fourth-order valence-electron chi connectivity index (χ4n) is 1.74. The smallest absolute Gasteiger partial charge is 0.150 e. The summed E-state index contributed by atoms with van der Waals surface area (Å²) >= 11 is 5.85. The van der Waals surface area contributed by atoms with Crippen molar-refractivity contribution in [2.75, 3.05) is 0 Å². The van der Waals surface area contributed by atoms with Gasteiger partial charge in [0.1, 0.15) is 0 Å². The molecule has 2 aromatic rings. The molecular weight excluding hydrogens is 224 g/mol. The summed E-state index contributed by atoms with van der Waals surface area (Å²) in [6.45, 7) is 1.92. The molecule has 0 radical (unpaired) electrons. The minimum atomic E-state index is 0.562. The molecule has 0 atom stereocenters. The number of halogens is 1. The number of rotatable bonds is 2. The van der Waals surface area contributed by atoms with Gasteiger partial charge in [-0.1, -0.05) is 17.7 Å². The largest absolute Gasteiger partial charge is 0.298 e. The Balaban J connectivity index is 2.63. The highest BCUT2D eigenvalue weighted by Gasteiger charge is 2.10. The van der Waals surface area contributed by atoms with Crippen LogP contribution in [0, 0.1) is 6.92 Å². The molecule has 0 saturated heterocycles. The van der Waals surface area contributed by atoms with Gasteiger partial charge < -0.3 is 0 Å². The molecule has 0 fully saturated rings. The summed E-state index contributed by atoms with van der Waals surface area (Å²) in [5.74, 6) is 0. The van der Waals surface area contributed by atoms with Crippen molar-refractivity contribution in [3.63, 3.8) is 0 Å². The third-order valence-corrected chi connectivity index (χ3v) is 2.68. The van der Waals surface area contributed by atoms with Gasteiger partial charge in [0.25, 0.3) is 0 Å². The SMILES string of the molecule is Cc1nn(C)cc1-c1ccc(Cl)cc1C=O. The number of benzene rings is 1. The molecule has 0 aliphatic carbocycles. The van der Waals surface area contributed by atoms with E-state index in [-0.39, 0.29) is 0 Å². The van der Waals surface area contributed by atoms with Crippen LogP contribution in [-0.2, 0) is 7.05 Å². The van der Waals surface area contributed by atoms with Gasteiger partial charge in [0.15, 0.2) is 6.29 Å². The fraction of sp³-hybridized carbons (Fsp3) is 0.167. The number of hydrogen-bond donors (Lipinski definition) is 0. The van der Waals surface area contributed by atoms with Gasteiger partial charge in [-0.15, -0.1) is 0 Å². The fourth-order valence-corrected chi connectivity index (χ4v) is 1.92. The molecule has 0 amide bonds. The molecule has 0 aliphatic rings. The minimum Gasteiger partial charge on any atom is -0.298 e. The van der Waals surface area contributed by atoms with Crippen molar-refractivity contribution in [2.24, 2.45) is 7.05 Å². The lowest BCUT2D eigenvalue weighted by atomic mass is 10.0. The van der Waals surface area contributed by atoms with Gasteiger partial charge in [0, 0.05) is 29.4 Å². The maximum atomic E-state index is 11.0. The summed E-state index contributed by atoms with van der Waals surface area (Å²) in [7, 11) is 1.85. The second kappa shape index (κ2) is 4.10. The van der Waals surface area contributed by atoms with Crippen LogP contribution in [0.1, 0.15) is 16.1 Å². The molecule has 2 rings (SSSR count). The van der Waals surface area contributed by atoms with E-state index in [0.717, 1.165) is 23.1 Å². The normalized spacial score (nSPS) is 10.4. The minimum absolute atomic E-state index is 0.562. The molecular formula is C12H11ClN2O. The topological polar surface area (TPSA) is 34.9 Å². The van der Waals surface area contributed by atoms with Gasteiger partial charge in [-0.3, -0.25) is 9.48 Å². The van der Waals surface area contributed by atoms with Gasteiger partial charge in [0.2, 0.25) is 0 Å².